The second kappa shape index (κ2) is 8.15. The van der Waals surface area contributed by atoms with Crippen LogP contribution in [0.1, 0.15) is 30.6 Å². The standard InChI is InChI=1S/C15H22Br2N2O/c1-10(2)5-14(9-19(3)4)18-15(20)11-6-12(16)8-13(17)7-11/h6-8,10,14H,5,9H2,1-4H3,(H,18,20). The van der Waals surface area contributed by atoms with Crippen LogP contribution in [0.3, 0.4) is 0 Å². The summed E-state index contributed by atoms with van der Waals surface area (Å²) in [6.45, 7) is 5.19. The minimum atomic E-state index is -0.0282. The zero-order chi connectivity index (χ0) is 15.3. The van der Waals surface area contributed by atoms with Gasteiger partial charge in [0.1, 0.15) is 0 Å². The molecule has 0 aliphatic heterocycles. The summed E-state index contributed by atoms with van der Waals surface area (Å²) in [7, 11) is 4.05. The van der Waals surface area contributed by atoms with E-state index in [1.807, 2.05) is 32.3 Å². The molecule has 0 spiro atoms. The van der Waals surface area contributed by atoms with Crippen molar-refractivity contribution >= 4 is 37.8 Å². The Morgan fingerprint density at radius 3 is 2.20 bits per heavy atom. The van der Waals surface area contributed by atoms with Crippen LogP contribution in [-0.2, 0) is 0 Å². The molecule has 3 nitrogen and oxygen atoms in total. The summed E-state index contributed by atoms with van der Waals surface area (Å²) in [5, 5.41) is 3.13. The number of hydrogen-bond acceptors (Lipinski definition) is 2. The van der Waals surface area contributed by atoms with Crippen LogP contribution in [0, 0.1) is 5.92 Å². The fourth-order valence-electron chi connectivity index (χ4n) is 2.14. The van der Waals surface area contributed by atoms with E-state index < -0.39 is 0 Å². The first-order chi connectivity index (χ1) is 9.27. The van der Waals surface area contributed by atoms with Crippen molar-refractivity contribution in [2.75, 3.05) is 20.6 Å². The van der Waals surface area contributed by atoms with E-state index in [4.69, 9.17) is 0 Å². The molecule has 0 aliphatic carbocycles. The molecule has 1 aromatic rings. The molecule has 0 aromatic heterocycles. The SMILES string of the molecule is CC(C)CC(CN(C)C)NC(=O)c1cc(Br)cc(Br)c1. The molecule has 0 heterocycles. The van der Waals surface area contributed by atoms with Crippen molar-refractivity contribution in [3.63, 3.8) is 0 Å². The van der Waals surface area contributed by atoms with Crippen LogP contribution in [-0.4, -0.2) is 37.5 Å². The maximum atomic E-state index is 12.4. The van der Waals surface area contributed by atoms with Crippen LogP contribution in [0.15, 0.2) is 27.1 Å². The molecule has 1 rings (SSSR count). The molecule has 0 saturated carbocycles. The van der Waals surface area contributed by atoms with Crippen LogP contribution in [0.25, 0.3) is 0 Å². The zero-order valence-electron chi connectivity index (χ0n) is 12.4. The summed E-state index contributed by atoms with van der Waals surface area (Å²) < 4.78 is 1.79. The molecule has 1 aromatic carbocycles. The maximum absolute atomic E-state index is 12.4. The lowest BCUT2D eigenvalue weighted by atomic mass is 10.0. The lowest BCUT2D eigenvalue weighted by molar-refractivity contribution is 0.0924. The quantitative estimate of drug-likeness (QED) is 0.777. The van der Waals surface area contributed by atoms with E-state index in [0.717, 1.165) is 21.9 Å². The van der Waals surface area contributed by atoms with Gasteiger partial charge in [-0.2, -0.15) is 0 Å². The van der Waals surface area contributed by atoms with E-state index in [9.17, 15) is 4.79 Å². The number of likely N-dealkylation sites (N-methyl/N-ethyl adjacent to an activating group) is 1. The van der Waals surface area contributed by atoms with E-state index in [1.54, 1.807) is 0 Å². The number of nitrogens with zero attached hydrogens (tertiary/aromatic N) is 1. The van der Waals surface area contributed by atoms with Crippen molar-refractivity contribution < 1.29 is 4.79 Å². The Bertz CT molecular complexity index is 431. The summed E-state index contributed by atoms with van der Waals surface area (Å²) in [6, 6.07) is 5.75. The monoisotopic (exact) mass is 404 g/mol. The number of carbonyl (C=O) groups is 1. The van der Waals surface area contributed by atoms with Crippen molar-refractivity contribution in [1.29, 1.82) is 0 Å². The van der Waals surface area contributed by atoms with E-state index in [-0.39, 0.29) is 11.9 Å². The fourth-order valence-corrected chi connectivity index (χ4v) is 3.44. The number of carbonyl (C=O) groups excluding carboxylic acids is 1. The number of halogens is 2. The zero-order valence-corrected chi connectivity index (χ0v) is 15.6. The second-order valence-electron chi connectivity index (χ2n) is 5.72. The summed E-state index contributed by atoms with van der Waals surface area (Å²) in [5.74, 6) is 0.522. The van der Waals surface area contributed by atoms with Crippen LogP contribution >= 0.6 is 31.9 Å². The summed E-state index contributed by atoms with van der Waals surface area (Å²) in [6.07, 6.45) is 0.971. The summed E-state index contributed by atoms with van der Waals surface area (Å²) in [4.78, 5) is 14.5. The third-order valence-corrected chi connectivity index (χ3v) is 3.72. The Labute approximate surface area is 138 Å². The van der Waals surface area contributed by atoms with Crippen LogP contribution in [0.2, 0.25) is 0 Å². The van der Waals surface area contributed by atoms with Gasteiger partial charge in [-0.3, -0.25) is 4.79 Å². The maximum Gasteiger partial charge on any atom is 0.251 e. The minimum Gasteiger partial charge on any atom is -0.348 e. The number of nitrogens with one attached hydrogen (secondary N) is 1. The average molecular weight is 406 g/mol. The van der Waals surface area contributed by atoms with Crippen molar-refractivity contribution in [1.82, 2.24) is 10.2 Å². The van der Waals surface area contributed by atoms with Crippen molar-refractivity contribution in [2.45, 2.75) is 26.3 Å². The van der Waals surface area contributed by atoms with Gasteiger partial charge in [-0.1, -0.05) is 45.7 Å². The van der Waals surface area contributed by atoms with E-state index in [1.165, 1.54) is 0 Å². The molecule has 20 heavy (non-hydrogen) atoms. The fraction of sp³-hybridized carbons (Fsp3) is 0.533. The Morgan fingerprint density at radius 1 is 1.20 bits per heavy atom. The van der Waals surface area contributed by atoms with Crippen LogP contribution < -0.4 is 5.32 Å². The molecule has 0 aliphatic rings. The largest absolute Gasteiger partial charge is 0.348 e. The molecule has 1 amide bonds. The van der Waals surface area contributed by atoms with Gasteiger partial charge in [0.2, 0.25) is 0 Å². The lowest BCUT2D eigenvalue weighted by Crippen LogP contribution is -2.42. The van der Waals surface area contributed by atoms with E-state index in [0.29, 0.717) is 11.5 Å². The molecule has 0 fully saturated rings. The van der Waals surface area contributed by atoms with E-state index >= 15 is 0 Å². The van der Waals surface area contributed by atoms with Gasteiger partial charge in [-0.25, -0.2) is 0 Å². The van der Waals surface area contributed by atoms with Gasteiger partial charge in [-0.05, 0) is 44.6 Å². The van der Waals surface area contributed by atoms with Gasteiger partial charge in [0, 0.05) is 27.1 Å². The first kappa shape index (κ1) is 17.7. The van der Waals surface area contributed by atoms with Crippen molar-refractivity contribution in [2.24, 2.45) is 5.92 Å². The highest BCUT2D eigenvalue weighted by molar-refractivity contribution is 9.11. The van der Waals surface area contributed by atoms with Crippen LogP contribution in [0.4, 0.5) is 0 Å². The Morgan fingerprint density at radius 2 is 1.75 bits per heavy atom. The summed E-state index contributed by atoms with van der Waals surface area (Å²) >= 11 is 6.82. The van der Waals surface area contributed by atoms with E-state index in [2.05, 4.69) is 55.9 Å². The molecule has 0 radical (unpaired) electrons. The Kier molecular flexibility index (Phi) is 7.20. The van der Waals surface area contributed by atoms with Gasteiger partial charge >= 0.3 is 0 Å². The normalized spacial score (nSPS) is 12.8. The number of benzene rings is 1. The topological polar surface area (TPSA) is 32.3 Å². The molecule has 112 valence electrons. The Balaban J connectivity index is 2.78. The highest BCUT2D eigenvalue weighted by atomic mass is 79.9. The molecule has 1 N–H and O–H groups in total. The van der Waals surface area contributed by atoms with Gasteiger partial charge < -0.3 is 10.2 Å². The molecule has 1 atom stereocenters. The third kappa shape index (κ3) is 6.37. The predicted molar refractivity (Wildman–Crippen MR) is 91.1 cm³/mol. The smallest absolute Gasteiger partial charge is 0.251 e. The Hall–Kier alpha value is -0.390. The molecule has 1 unspecified atom stereocenters. The van der Waals surface area contributed by atoms with Gasteiger partial charge in [0.05, 0.1) is 0 Å². The first-order valence-electron chi connectivity index (χ1n) is 6.69. The number of amides is 1. The summed E-state index contributed by atoms with van der Waals surface area (Å²) in [5.41, 5.74) is 0.666. The van der Waals surface area contributed by atoms with Crippen LogP contribution in [0.5, 0.6) is 0 Å². The molecular formula is C15H22Br2N2O. The second-order valence-corrected chi connectivity index (χ2v) is 7.55. The number of hydrogen-bond donors (Lipinski definition) is 1. The highest BCUT2D eigenvalue weighted by Crippen LogP contribution is 2.20. The predicted octanol–water partition coefficient (Wildman–Crippen LogP) is 3.92. The number of rotatable bonds is 6. The highest BCUT2D eigenvalue weighted by Gasteiger charge is 2.16. The van der Waals surface area contributed by atoms with Crippen molar-refractivity contribution in [3.05, 3.63) is 32.7 Å². The third-order valence-electron chi connectivity index (χ3n) is 2.80. The molecule has 0 bridgehead atoms. The minimum absolute atomic E-state index is 0.0282. The molecule has 0 saturated heterocycles. The van der Waals surface area contributed by atoms with Gasteiger partial charge in [-0.15, -0.1) is 0 Å². The lowest BCUT2D eigenvalue weighted by Gasteiger charge is -2.24. The molecular weight excluding hydrogens is 384 g/mol. The van der Waals surface area contributed by atoms with Crippen molar-refractivity contribution in [3.8, 4) is 0 Å². The first-order valence-corrected chi connectivity index (χ1v) is 8.28. The molecule has 5 heteroatoms. The van der Waals surface area contributed by atoms with Gasteiger partial charge in [0.25, 0.3) is 5.91 Å². The van der Waals surface area contributed by atoms with Gasteiger partial charge in [0.15, 0.2) is 0 Å². The average Bonchev–Trinajstić information content (AvgIpc) is 2.25.